The molecule has 3 atom stereocenters. The molecule has 4 aliphatic rings. The molecule has 9 nitrogen and oxygen atoms in total. The summed E-state index contributed by atoms with van der Waals surface area (Å²) in [6.45, 7) is 4.23. The van der Waals surface area contributed by atoms with Crippen LogP contribution in [0.15, 0.2) is 77.6 Å². The van der Waals surface area contributed by atoms with Crippen LogP contribution in [0.3, 0.4) is 0 Å². The number of phenols is 1. The number of aliphatic hydroxyl groups excluding tert-OH is 1. The number of hydrogen-bond donors (Lipinski definition) is 4. The second-order valence-corrected chi connectivity index (χ2v) is 14.4. The molecule has 1 aromatic heterocycles. The number of pyridine rings is 1. The van der Waals surface area contributed by atoms with Gasteiger partial charge in [-0.1, -0.05) is 68.1 Å². The van der Waals surface area contributed by atoms with Crippen molar-refractivity contribution in [3.63, 3.8) is 0 Å². The molecule has 0 spiro atoms. The van der Waals surface area contributed by atoms with E-state index in [1.54, 1.807) is 12.1 Å². The maximum atomic E-state index is 14.0. The maximum absolute atomic E-state index is 14.0. The molecule has 4 aromatic rings. The molecule has 2 bridgehead atoms. The van der Waals surface area contributed by atoms with E-state index in [-0.39, 0.29) is 23.4 Å². The number of esters is 1. The molecule has 3 aromatic carbocycles. The van der Waals surface area contributed by atoms with E-state index in [1.807, 2.05) is 24.3 Å². The van der Waals surface area contributed by atoms with Crippen LogP contribution in [0.5, 0.6) is 11.5 Å². The van der Waals surface area contributed by atoms with E-state index in [9.17, 15) is 19.8 Å². The predicted octanol–water partition coefficient (Wildman–Crippen LogP) is 6.26. The van der Waals surface area contributed by atoms with E-state index in [1.165, 1.54) is 17.7 Å². The van der Waals surface area contributed by atoms with Gasteiger partial charge in [0.05, 0.1) is 18.2 Å². The number of aromatic nitrogens is 1. The highest BCUT2D eigenvalue weighted by molar-refractivity contribution is 5.87. The summed E-state index contributed by atoms with van der Waals surface area (Å²) >= 11 is 0. The fourth-order valence-corrected chi connectivity index (χ4v) is 8.23. The van der Waals surface area contributed by atoms with Crippen molar-refractivity contribution in [2.45, 2.75) is 88.5 Å². The molecular weight excluding hydrogens is 630 g/mol. The number of aryl methyl sites for hydroxylation is 1. The zero-order chi connectivity index (χ0) is 34.5. The first kappa shape index (κ1) is 34.3. The number of unbranched alkanes of at least 4 members (excludes halogenated alkanes) is 4. The molecule has 0 amide bonds. The molecule has 1 aliphatic carbocycles. The zero-order valence-corrected chi connectivity index (χ0v) is 28.7. The third-order valence-electron chi connectivity index (χ3n) is 11.1. The lowest BCUT2D eigenvalue weighted by molar-refractivity contribution is -0.167. The van der Waals surface area contributed by atoms with Crippen LogP contribution in [0.1, 0.15) is 86.1 Å². The molecular formula is C41H49N3O6. The van der Waals surface area contributed by atoms with Gasteiger partial charge in [0.25, 0.3) is 0 Å². The van der Waals surface area contributed by atoms with Gasteiger partial charge in [0.1, 0.15) is 23.1 Å². The molecule has 3 fully saturated rings. The van der Waals surface area contributed by atoms with Crippen LogP contribution in [0, 0.1) is 5.92 Å². The van der Waals surface area contributed by atoms with Gasteiger partial charge in [-0.25, -0.2) is 4.79 Å². The number of rotatable bonds is 15. The summed E-state index contributed by atoms with van der Waals surface area (Å²) in [5, 5.41) is 25.3. The van der Waals surface area contributed by atoms with Crippen molar-refractivity contribution in [1.82, 2.24) is 15.2 Å². The lowest BCUT2D eigenvalue weighted by Gasteiger charge is -2.45. The number of hydrogen-bond acceptors (Lipinski definition) is 8. The first-order valence-corrected chi connectivity index (χ1v) is 18.4. The number of aromatic amines is 1. The maximum Gasteiger partial charge on any atom is 0.331 e. The second-order valence-electron chi connectivity index (χ2n) is 14.4. The number of carbonyl (C=O) groups excluding carboxylic acids is 1. The van der Waals surface area contributed by atoms with Crippen molar-refractivity contribution in [2.75, 3.05) is 26.2 Å². The summed E-state index contributed by atoms with van der Waals surface area (Å²) in [4.78, 5) is 30.8. The normalized spacial score (nSPS) is 23.1. The fraction of sp³-hybridized carbons (Fsp3) is 0.463. The highest BCUT2D eigenvalue weighted by atomic mass is 16.5. The van der Waals surface area contributed by atoms with Crippen molar-refractivity contribution >= 4 is 16.9 Å². The van der Waals surface area contributed by atoms with Crippen LogP contribution in [-0.2, 0) is 28.0 Å². The second kappa shape index (κ2) is 15.4. The minimum Gasteiger partial charge on any atom is -0.506 e. The van der Waals surface area contributed by atoms with Crippen molar-refractivity contribution in [3.05, 3.63) is 105 Å². The average molecular weight is 680 g/mol. The van der Waals surface area contributed by atoms with E-state index < -0.39 is 11.6 Å². The summed E-state index contributed by atoms with van der Waals surface area (Å²) < 4.78 is 12.5. The van der Waals surface area contributed by atoms with E-state index >= 15 is 0 Å². The summed E-state index contributed by atoms with van der Waals surface area (Å²) in [6.07, 6.45) is 8.57. The average Bonchev–Trinajstić information content (AvgIpc) is 3.52. The number of nitrogens with one attached hydrogen (secondary N) is 2. The van der Waals surface area contributed by atoms with E-state index in [0.717, 1.165) is 87.9 Å². The Morgan fingerprint density at radius 3 is 2.64 bits per heavy atom. The van der Waals surface area contributed by atoms with Gasteiger partial charge in [0.2, 0.25) is 5.56 Å². The molecule has 264 valence electrons. The Hall–Kier alpha value is -4.18. The Kier molecular flexibility index (Phi) is 10.5. The number of fused-ring (bicyclic) bond motifs is 5. The molecule has 50 heavy (non-hydrogen) atoms. The molecule has 0 saturated carbocycles. The number of aromatic hydroxyl groups is 1. The summed E-state index contributed by atoms with van der Waals surface area (Å²) in [7, 11) is 0. The molecule has 4 N–H and O–H groups in total. The number of aliphatic hydroxyl groups is 1. The van der Waals surface area contributed by atoms with E-state index in [0.29, 0.717) is 48.4 Å². The highest BCUT2D eigenvalue weighted by Crippen LogP contribution is 2.40. The number of phenolic OH excluding ortho intramolecular Hbond substituents is 1. The predicted molar refractivity (Wildman–Crippen MR) is 193 cm³/mol. The third-order valence-corrected chi connectivity index (χ3v) is 11.1. The Labute approximate surface area is 293 Å². The zero-order valence-electron chi connectivity index (χ0n) is 28.7. The van der Waals surface area contributed by atoms with Gasteiger partial charge < -0.3 is 24.7 Å². The van der Waals surface area contributed by atoms with Gasteiger partial charge in [0.15, 0.2) is 0 Å². The van der Waals surface area contributed by atoms with Crippen LogP contribution in [-0.4, -0.2) is 58.4 Å². The largest absolute Gasteiger partial charge is 0.506 e. The van der Waals surface area contributed by atoms with Crippen LogP contribution in [0.2, 0.25) is 0 Å². The minimum absolute atomic E-state index is 0.000433. The molecule has 8 rings (SSSR count). The van der Waals surface area contributed by atoms with Gasteiger partial charge in [0, 0.05) is 24.5 Å². The molecule has 3 aliphatic heterocycles. The van der Waals surface area contributed by atoms with Gasteiger partial charge >= 0.3 is 5.97 Å². The SMILES string of the molecule is O=C(O[C@H]1CN2CCC1CC2)C1(NCc2cccc(OCCCCCCC[C@H](O)c3ccc(O)c4[nH]c(=O)ccc34)c2)CCc2ccccc21. The van der Waals surface area contributed by atoms with Gasteiger partial charge in [-0.15, -0.1) is 0 Å². The van der Waals surface area contributed by atoms with Gasteiger partial charge in [-0.3, -0.25) is 15.0 Å². The first-order valence-electron chi connectivity index (χ1n) is 18.4. The number of H-pyrrole nitrogens is 1. The third kappa shape index (κ3) is 7.45. The number of benzene rings is 3. The lowest BCUT2D eigenvalue weighted by atomic mass is 9.85. The monoisotopic (exact) mass is 679 g/mol. The Balaban J connectivity index is 0.866. The van der Waals surface area contributed by atoms with Crippen LogP contribution >= 0.6 is 0 Å². The van der Waals surface area contributed by atoms with Gasteiger partial charge in [-0.2, -0.15) is 0 Å². The Bertz CT molecular complexity index is 1850. The number of nitrogens with zero attached hydrogens (tertiary/aromatic N) is 1. The first-order chi connectivity index (χ1) is 24.4. The molecule has 1 unspecified atom stereocenters. The Morgan fingerprint density at radius 1 is 0.980 bits per heavy atom. The molecule has 0 radical (unpaired) electrons. The Morgan fingerprint density at radius 2 is 1.80 bits per heavy atom. The van der Waals surface area contributed by atoms with Crippen molar-refractivity contribution < 1.29 is 24.5 Å². The van der Waals surface area contributed by atoms with Crippen molar-refractivity contribution in [3.8, 4) is 11.5 Å². The van der Waals surface area contributed by atoms with Crippen molar-refractivity contribution in [2.24, 2.45) is 5.92 Å². The molecule has 3 saturated heterocycles. The lowest BCUT2D eigenvalue weighted by Crippen LogP contribution is -2.55. The number of ether oxygens (including phenoxy) is 2. The van der Waals surface area contributed by atoms with E-state index in [2.05, 4.69) is 39.5 Å². The smallest absolute Gasteiger partial charge is 0.331 e. The van der Waals surface area contributed by atoms with Crippen molar-refractivity contribution in [1.29, 1.82) is 0 Å². The quantitative estimate of drug-likeness (QED) is 0.0859. The van der Waals surface area contributed by atoms with Crippen LogP contribution < -0.4 is 15.6 Å². The summed E-state index contributed by atoms with van der Waals surface area (Å²) in [6, 6.07) is 22.7. The summed E-state index contributed by atoms with van der Waals surface area (Å²) in [5.74, 6) is 1.14. The summed E-state index contributed by atoms with van der Waals surface area (Å²) in [5.41, 5.74) is 3.25. The minimum atomic E-state index is -0.854. The number of piperidine rings is 3. The standard InChI is InChI=1S/C41H49N3O6/c45-35(32-14-16-36(46)39-33(32)15-17-38(47)43-39)13-4-2-1-3-7-24-49-31-11-8-9-28(25-31)26-42-41(21-18-29-10-5-6-12-34(29)41)40(48)50-37-27-44-22-19-30(37)20-23-44/h5-6,8-12,14-17,25,30,35,37,42,45-46H,1-4,7,13,18-24,26-27H2,(H,43,47)/t35-,37-,41?/m0/s1. The van der Waals surface area contributed by atoms with Gasteiger partial charge in [-0.05, 0) is 104 Å². The topological polar surface area (TPSA) is 124 Å². The molecule has 4 heterocycles. The number of carbonyl (C=O) groups is 1. The van der Waals surface area contributed by atoms with E-state index in [4.69, 9.17) is 9.47 Å². The highest BCUT2D eigenvalue weighted by Gasteiger charge is 2.48. The molecule has 9 heteroatoms. The van der Waals surface area contributed by atoms with Crippen LogP contribution in [0.25, 0.3) is 10.9 Å². The fourth-order valence-electron chi connectivity index (χ4n) is 8.23. The van der Waals surface area contributed by atoms with Crippen LogP contribution in [0.4, 0.5) is 0 Å².